The van der Waals surface area contributed by atoms with Gasteiger partial charge in [0.2, 0.25) is 0 Å². The van der Waals surface area contributed by atoms with Gasteiger partial charge in [0.15, 0.2) is 0 Å². The molecule has 0 atom stereocenters. The fraction of sp³-hybridized carbons (Fsp3) is 0.190. The minimum absolute atomic E-state index is 0.0583. The third-order valence-electron chi connectivity index (χ3n) is 3.75. The molecule has 122 valence electrons. The summed E-state index contributed by atoms with van der Waals surface area (Å²) in [4.78, 5) is 12.1. The van der Waals surface area contributed by atoms with Crippen LogP contribution in [0.15, 0.2) is 66.7 Å². The Morgan fingerprint density at radius 3 is 2.58 bits per heavy atom. The number of carbonyl (C=O) groups is 1. The molecule has 0 radical (unpaired) electrons. The molecular weight excluding hydrogens is 298 g/mol. The van der Waals surface area contributed by atoms with E-state index in [9.17, 15) is 4.79 Å². The van der Waals surface area contributed by atoms with Gasteiger partial charge in [-0.3, -0.25) is 4.79 Å². The van der Waals surface area contributed by atoms with E-state index in [1.165, 1.54) is 0 Å². The maximum atomic E-state index is 12.1. The Hall–Kier alpha value is -2.81. The van der Waals surface area contributed by atoms with Gasteiger partial charge in [-0.1, -0.05) is 48.5 Å². The Morgan fingerprint density at radius 1 is 1.00 bits per heavy atom. The van der Waals surface area contributed by atoms with Crippen LogP contribution in [0, 0.1) is 0 Å². The minimum atomic E-state index is -0.0583. The molecule has 3 aromatic carbocycles. The fourth-order valence-electron chi connectivity index (χ4n) is 2.63. The Balaban J connectivity index is 1.76. The Kier molecular flexibility index (Phi) is 4.80. The summed E-state index contributed by atoms with van der Waals surface area (Å²) in [5, 5.41) is 5.15. The molecule has 0 heterocycles. The normalized spacial score (nSPS) is 10.8. The van der Waals surface area contributed by atoms with Crippen molar-refractivity contribution < 1.29 is 9.53 Å². The van der Waals surface area contributed by atoms with Crippen molar-refractivity contribution in [3.05, 3.63) is 77.9 Å². The van der Waals surface area contributed by atoms with Crippen LogP contribution in [0.25, 0.3) is 10.8 Å². The lowest BCUT2D eigenvalue weighted by atomic mass is 10.1. The minimum Gasteiger partial charge on any atom is -0.488 e. The number of rotatable bonds is 5. The summed E-state index contributed by atoms with van der Waals surface area (Å²) in [6.45, 7) is 4.33. The van der Waals surface area contributed by atoms with Crippen molar-refractivity contribution in [2.24, 2.45) is 0 Å². The first kappa shape index (κ1) is 16.1. The van der Waals surface area contributed by atoms with Crippen LogP contribution in [0.4, 0.5) is 0 Å². The lowest BCUT2D eigenvalue weighted by Gasteiger charge is -2.11. The second kappa shape index (κ2) is 7.18. The van der Waals surface area contributed by atoms with Gasteiger partial charge < -0.3 is 10.1 Å². The largest absolute Gasteiger partial charge is 0.488 e. The van der Waals surface area contributed by atoms with E-state index in [4.69, 9.17) is 4.74 Å². The monoisotopic (exact) mass is 319 g/mol. The van der Waals surface area contributed by atoms with Gasteiger partial charge in [-0.2, -0.15) is 0 Å². The molecule has 0 aliphatic rings. The first-order valence-corrected chi connectivity index (χ1v) is 8.14. The van der Waals surface area contributed by atoms with E-state index in [0.29, 0.717) is 12.2 Å². The molecule has 0 fully saturated rings. The van der Waals surface area contributed by atoms with Crippen LogP contribution in [-0.4, -0.2) is 11.9 Å². The molecule has 0 aliphatic heterocycles. The number of carbonyl (C=O) groups excluding carboxylic acids is 1. The fourth-order valence-corrected chi connectivity index (χ4v) is 2.63. The Morgan fingerprint density at radius 2 is 1.75 bits per heavy atom. The third kappa shape index (κ3) is 3.74. The van der Waals surface area contributed by atoms with Crippen molar-refractivity contribution in [1.82, 2.24) is 5.32 Å². The average Bonchev–Trinajstić information content (AvgIpc) is 2.59. The molecule has 3 rings (SSSR count). The van der Waals surface area contributed by atoms with Crippen LogP contribution < -0.4 is 10.1 Å². The van der Waals surface area contributed by atoms with E-state index in [1.54, 1.807) is 0 Å². The molecule has 3 nitrogen and oxygen atoms in total. The van der Waals surface area contributed by atoms with Crippen LogP contribution in [0.5, 0.6) is 5.75 Å². The van der Waals surface area contributed by atoms with Crippen LogP contribution in [0.1, 0.15) is 29.8 Å². The number of hydrogen-bond donors (Lipinski definition) is 1. The first-order chi connectivity index (χ1) is 11.6. The molecule has 0 unspecified atom stereocenters. The predicted molar refractivity (Wildman–Crippen MR) is 97.3 cm³/mol. The number of hydrogen-bond acceptors (Lipinski definition) is 2. The van der Waals surface area contributed by atoms with Crippen LogP contribution in [0.2, 0.25) is 0 Å². The number of benzene rings is 3. The van der Waals surface area contributed by atoms with Gasteiger partial charge >= 0.3 is 0 Å². The van der Waals surface area contributed by atoms with E-state index in [0.717, 1.165) is 22.1 Å². The van der Waals surface area contributed by atoms with Crippen LogP contribution >= 0.6 is 0 Å². The summed E-state index contributed by atoms with van der Waals surface area (Å²) in [6, 6.07) is 21.8. The molecule has 0 bridgehead atoms. The topological polar surface area (TPSA) is 38.3 Å². The van der Waals surface area contributed by atoms with E-state index in [2.05, 4.69) is 23.5 Å². The zero-order valence-corrected chi connectivity index (χ0v) is 14.0. The standard InChI is InChI=1S/C21H21NO2/c1-15(2)22-21(23)18-10-5-7-16(13-18)14-24-20-12-6-9-17-8-3-4-11-19(17)20/h3-13,15H,14H2,1-2H3,(H,22,23). The number of amides is 1. The van der Waals surface area contributed by atoms with Crippen LogP contribution in [0.3, 0.4) is 0 Å². The van der Waals surface area contributed by atoms with Crippen molar-refractivity contribution in [2.75, 3.05) is 0 Å². The Labute approximate surface area is 142 Å². The smallest absolute Gasteiger partial charge is 0.251 e. The summed E-state index contributed by atoms with van der Waals surface area (Å²) in [6.07, 6.45) is 0. The van der Waals surface area contributed by atoms with Gasteiger partial charge in [-0.15, -0.1) is 0 Å². The third-order valence-corrected chi connectivity index (χ3v) is 3.75. The van der Waals surface area contributed by atoms with Crippen molar-refractivity contribution in [3.8, 4) is 5.75 Å². The number of ether oxygens (including phenoxy) is 1. The maximum absolute atomic E-state index is 12.1. The molecule has 3 heteroatoms. The average molecular weight is 319 g/mol. The molecule has 0 saturated heterocycles. The van der Waals surface area contributed by atoms with E-state index < -0.39 is 0 Å². The quantitative estimate of drug-likeness (QED) is 0.749. The second-order valence-electron chi connectivity index (χ2n) is 6.09. The summed E-state index contributed by atoms with van der Waals surface area (Å²) >= 11 is 0. The lowest BCUT2D eigenvalue weighted by molar-refractivity contribution is 0.0943. The number of fused-ring (bicyclic) bond motifs is 1. The molecule has 0 aliphatic carbocycles. The number of nitrogens with one attached hydrogen (secondary N) is 1. The van der Waals surface area contributed by atoms with Crippen LogP contribution in [-0.2, 0) is 6.61 Å². The molecule has 1 N–H and O–H groups in total. The van der Waals surface area contributed by atoms with Gasteiger partial charge in [0, 0.05) is 17.0 Å². The first-order valence-electron chi connectivity index (χ1n) is 8.14. The van der Waals surface area contributed by atoms with Gasteiger partial charge in [0.05, 0.1) is 0 Å². The molecule has 0 aromatic heterocycles. The molecule has 3 aromatic rings. The molecular formula is C21H21NO2. The van der Waals surface area contributed by atoms with Gasteiger partial charge in [0.1, 0.15) is 12.4 Å². The molecule has 0 saturated carbocycles. The highest BCUT2D eigenvalue weighted by molar-refractivity contribution is 5.94. The highest BCUT2D eigenvalue weighted by Crippen LogP contribution is 2.26. The highest BCUT2D eigenvalue weighted by atomic mass is 16.5. The predicted octanol–water partition coefficient (Wildman–Crippen LogP) is 4.56. The summed E-state index contributed by atoms with van der Waals surface area (Å²) < 4.78 is 5.99. The Bertz CT molecular complexity index is 850. The molecule has 24 heavy (non-hydrogen) atoms. The SMILES string of the molecule is CC(C)NC(=O)c1cccc(COc2cccc3ccccc23)c1. The van der Waals surface area contributed by atoms with E-state index in [-0.39, 0.29) is 11.9 Å². The summed E-state index contributed by atoms with van der Waals surface area (Å²) in [5.41, 5.74) is 1.63. The highest BCUT2D eigenvalue weighted by Gasteiger charge is 2.08. The zero-order chi connectivity index (χ0) is 16.9. The van der Waals surface area contributed by atoms with E-state index >= 15 is 0 Å². The van der Waals surface area contributed by atoms with Crippen molar-refractivity contribution in [1.29, 1.82) is 0 Å². The molecule has 0 spiro atoms. The van der Waals surface area contributed by atoms with Gasteiger partial charge in [-0.05, 0) is 43.0 Å². The van der Waals surface area contributed by atoms with Gasteiger partial charge in [-0.25, -0.2) is 0 Å². The van der Waals surface area contributed by atoms with Crippen molar-refractivity contribution in [3.63, 3.8) is 0 Å². The summed E-state index contributed by atoms with van der Waals surface area (Å²) in [5.74, 6) is 0.794. The van der Waals surface area contributed by atoms with Gasteiger partial charge in [0.25, 0.3) is 5.91 Å². The van der Waals surface area contributed by atoms with Crippen molar-refractivity contribution in [2.45, 2.75) is 26.5 Å². The zero-order valence-electron chi connectivity index (χ0n) is 14.0. The molecule has 1 amide bonds. The van der Waals surface area contributed by atoms with E-state index in [1.807, 2.05) is 62.4 Å². The maximum Gasteiger partial charge on any atom is 0.251 e. The second-order valence-corrected chi connectivity index (χ2v) is 6.09. The van der Waals surface area contributed by atoms with Crippen molar-refractivity contribution >= 4 is 16.7 Å². The summed E-state index contributed by atoms with van der Waals surface area (Å²) in [7, 11) is 0. The lowest BCUT2D eigenvalue weighted by Crippen LogP contribution is -2.30.